The molecule has 0 aromatic heterocycles. The van der Waals surface area contributed by atoms with Gasteiger partial charge in [-0.3, -0.25) is 4.90 Å². The van der Waals surface area contributed by atoms with E-state index in [2.05, 4.69) is 42.2 Å². The van der Waals surface area contributed by atoms with Crippen molar-refractivity contribution < 1.29 is 5.11 Å². The molecular weight excluding hydrogens is 353 g/mol. The van der Waals surface area contributed by atoms with Crippen molar-refractivity contribution in [2.45, 2.75) is 31.9 Å². The summed E-state index contributed by atoms with van der Waals surface area (Å²) in [5.41, 5.74) is 3.63. The predicted molar refractivity (Wildman–Crippen MR) is 105 cm³/mol. The number of aliphatic hydroxyl groups excluding tert-OH is 1. The molecule has 0 radical (unpaired) electrons. The van der Waals surface area contributed by atoms with Crippen molar-refractivity contribution in [3.63, 3.8) is 0 Å². The fourth-order valence-electron chi connectivity index (χ4n) is 3.29. The van der Waals surface area contributed by atoms with Crippen LogP contribution in [-0.2, 0) is 6.42 Å². The van der Waals surface area contributed by atoms with E-state index in [0.29, 0.717) is 10.0 Å². The van der Waals surface area contributed by atoms with Crippen LogP contribution in [0.25, 0.3) is 0 Å². The lowest BCUT2D eigenvalue weighted by Gasteiger charge is -2.34. The van der Waals surface area contributed by atoms with Gasteiger partial charge in [0.1, 0.15) is 0 Å². The molecule has 25 heavy (non-hydrogen) atoms. The predicted octanol–water partition coefficient (Wildman–Crippen LogP) is 5.29. The quantitative estimate of drug-likeness (QED) is 0.717. The zero-order valence-corrected chi connectivity index (χ0v) is 15.8. The van der Waals surface area contributed by atoms with Crippen LogP contribution >= 0.6 is 23.2 Å². The minimum absolute atomic E-state index is 0.0202. The third kappa shape index (κ3) is 4.65. The molecule has 3 rings (SSSR count). The maximum atomic E-state index is 10.7. The van der Waals surface area contributed by atoms with Crippen LogP contribution in [-0.4, -0.2) is 29.1 Å². The van der Waals surface area contributed by atoms with Crippen molar-refractivity contribution >= 4 is 23.2 Å². The number of aliphatic hydroxyl groups is 1. The van der Waals surface area contributed by atoms with Crippen LogP contribution < -0.4 is 0 Å². The fraction of sp³-hybridized carbons (Fsp3) is 0.333. The van der Waals surface area contributed by atoms with E-state index in [1.165, 1.54) is 11.1 Å². The van der Waals surface area contributed by atoms with Crippen molar-refractivity contribution in [2.75, 3.05) is 13.1 Å². The summed E-state index contributed by atoms with van der Waals surface area (Å²) in [6.45, 7) is 3.88. The van der Waals surface area contributed by atoms with Gasteiger partial charge in [-0.1, -0.05) is 71.2 Å². The summed E-state index contributed by atoms with van der Waals surface area (Å²) in [4.78, 5) is 2.31. The smallest absolute Gasteiger partial charge is 0.0943 e. The van der Waals surface area contributed by atoms with E-state index in [-0.39, 0.29) is 6.04 Å². The molecule has 0 fully saturated rings. The van der Waals surface area contributed by atoms with Crippen LogP contribution in [0.3, 0.4) is 0 Å². The lowest BCUT2D eigenvalue weighted by atomic mass is 9.96. The van der Waals surface area contributed by atoms with Crippen LogP contribution in [0.4, 0.5) is 0 Å². The first-order valence-corrected chi connectivity index (χ1v) is 9.39. The minimum Gasteiger partial charge on any atom is -0.387 e. The second-order valence-electron chi connectivity index (χ2n) is 6.63. The molecule has 0 bridgehead atoms. The van der Waals surface area contributed by atoms with Crippen LogP contribution in [0.15, 0.2) is 60.2 Å². The highest BCUT2D eigenvalue weighted by atomic mass is 35.5. The standard InChI is InChI=1S/C21H23Cl2NO/c1-15(21(25)18-7-8-19(22)20(23)14-18)24-11-9-17(10-12-24)13-16-5-3-2-4-6-16/h2-9,14-15,21,25H,10-13H2,1H3/t15-,21+/m0/s1. The average Bonchev–Trinajstić information content (AvgIpc) is 2.64. The maximum Gasteiger partial charge on any atom is 0.0943 e. The van der Waals surface area contributed by atoms with E-state index in [4.69, 9.17) is 23.2 Å². The SMILES string of the molecule is C[C@@H]([C@@H](O)c1ccc(Cl)c(Cl)c1)N1CC=C(Cc2ccccc2)CC1. The molecule has 0 spiro atoms. The van der Waals surface area contributed by atoms with Gasteiger partial charge in [0.15, 0.2) is 0 Å². The molecule has 2 aromatic rings. The van der Waals surface area contributed by atoms with E-state index >= 15 is 0 Å². The second kappa shape index (κ2) is 8.37. The number of hydrogen-bond donors (Lipinski definition) is 1. The Hall–Kier alpha value is -1.32. The van der Waals surface area contributed by atoms with Gasteiger partial charge in [-0.25, -0.2) is 0 Å². The third-order valence-electron chi connectivity index (χ3n) is 4.93. The van der Waals surface area contributed by atoms with Crippen LogP contribution in [0, 0.1) is 0 Å². The van der Waals surface area contributed by atoms with Gasteiger partial charge < -0.3 is 5.11 Å². The zero-order valence-electron chi connectivity index (χ0n) is 14.3. The summed E-state index contributed by atoms with van der Waals surface area (Å²) in [7, 11) is 0. The van der Waals surface area contributed by atoms with Crippen molar-refractivity contribution in [1.29, 1.82) is 0 Å². The summed E-state index contributed by atoms with van der Waals surface area (Å²) in [5, 5.41) is 11.7. The number of benzene rings is 2. The van der Waals surface area contributed by atoms with E-state index in [0.717, 1.165) is 31.5 Å². The molecule has 0 aliphatic carbocycles. The van der Waals surface area contributed by atoms with E-state index in [1.54, 1.807) is 12.1 Å². The largest absolute Gasteiger partial charge is 0.387 e. The molecule has 0 saturated carbocycles. The Morgan fingerprint density at radius 3 is 2.48 bits per heavy atom. The first-order valence-electron chi connectivity index (χ1n) is 8.63. The second-order valence-corrected chi connectivity index (χ2v) is 7.44. The van der Waals surface area contributed by atoms with Crippen molar-refractivity contribution in [3.8, 4) is 0 Å². The molecule has 2 atom stereocenters. The minimum atomic E-state index is -0.584. The maximum absolute atomic E-state index is 10.7. The van der Waals surface area contributed by atoms with E-state index < -0.39 is 6.10 Å². The Bertz CT molecular complexity index is 745. The van der Waals surface area contributed by atoms with Crippen LogP contribution in [0.2, 0.25) is 10.0 Å². The van der Waals surface area contributed by atoms with Gasteiger partial charge >= 0.3 is 0 Å². The van der Waals surface area contributed by atoms with Gasteiger partial charge in [0.2, 0.25) is 0 Å². The molecule has 1 N–H and O–H groups in total. The van der Waals surface area contributed by atoms with Crippen LogP contribution in [0.5, 0.6) is 0 Å². The van der Waals surface area contributed by atoms with Crippen LogP contribution in [0.1, 0.15) is 30.6 Å². The molecule has 0 amide bonds. The van der Waals surface area contributed by atoms with Crippen molar-refractivity contribution in [1.82, 2.24) is 4.90 Å². The monoisotopic (exact) mass is 375 g/mol. The van der Waals surface area contributed by atoms with Crippen molar-refractivity contribution in [2.24, 2.45) is 0 Å². The molecule has 0 unspecified atom stereocenters. The summed E-state index contributed by atoms with van der Waals surface area (Å²) >= 11 is 12.0. The lowest BCUT2D eigenvalue weighted by molar-refractivity contribution is 0.0623. The summed E-state index contributed by atoms with van der Waals surface area (Å²) in [6, 6.07) is 15.9. The topological polar surface area (TPSA) is 23.5 Å². The number of halogens is 2. The molecule has 1 aliphatic heterocycles. The van der Waals surface area contributed by atoms with Gasteiger partial charge in [0, 0.05) is 19.1 Å². The fourth-order valence-corrected chi connectivity index (χ4v) is 3.60. The molecule has 1 heterocycles. The molecule has 2 aromatic carbocycles. The number of hydrogen-bond acceptors (Lipinski definition) is 2. The Morgan fingerprint density at radius 2 is 1.84 bits per heavy atom. The zero-order chi connectivity index (χ0) is 17.8. The molecule has 0 saturated heterocycles. The summed E-state index contributed by atoms with van der Waals surface area (Å²) < 4.78 is 0. The van der Waals surface area contributed by atoms with Gasteiger partial charge in [-0.2, -0.15) is 0 Å². The summed E-state index contributed by atoms with van der Waals surface area (Å²) in [5.74, 6) is 0. The number of rotatable bonds is 5. The first-order chi connectivity index (χ1) is 12.0. The molecule has 4 heteroatoms. The summed E-state index contributed by atoms with van der Waals surface area (Å²) in [6.07, 6.45) is 3.76. The third-order valence-corrected chi connectivity index (χ3v) is 5.67. The Balaban J connectivity index is 1.62. The number of nitrogens with zero attached hydrogens (tertiary/aromatic N) is 1. The van der Waals surface area contributed by atoms with E-state index in [1.807, 2.05) is 12.1 Å². The molecule has 1 aliphatic rings. The Labute approximate surface area is 159 Å². The lowest BCUT2D eigenvalue weighted by Crippen LogP contribution is -2.40. The van der Waals surface area contributed by atoms with Gasteiger partial charge in [-0.15, -0.1) is 0 Å². The highest BCUT2D eigenvalue weighted by Gasteiger charge is 2.25. The Morgan fingerprint density at radius 1 is 1.08 bits per heavy atom. The van der Waals surface area contributed by atoms with Gasteiger partial charge in [0.05, 0.1) is 16.1 Å². The first kappa shape index (κ1) is 18.5. The van der Waals surface area contributed by atoms with Gasteiger partial charge in [0.25, 0.3) is 0 Å². The highest BCUT2D eigenvalue weighted by molar-refractivity contribution is 6.42. The average molecular weight is 376 g/mol. The van der Waals surface area contributed by atoms with Crippen molar-refractivity contribution in [3.05, 3.63) is 81.4 Å². The molecule has 132 valence electrons. The molecular formula is C21H23Cl2NO. The van der Waals surface area contributed by atoms with E-state index in [9.17, 15) is 5.11 Å². The highest BCUT2D eigenvalue weighted by Crippen LogP contribution is 2.29. The molecule has 2 nitrogen and oxygen atoms in total. The Kier molecular flexibility index (Phi) is 6.19. The normalized spacial score (nSPS) is 17.8. The van der Waals surface area contributed by atoms with Gasteiger partial charge in [-0.05, 0) is 43.0 Å².